The third-order valence-corrected chi connectivity index (χ3v) is 4.59. The minimum absolute atomic E-state index is 0.199. The van der Waals surface area contributed by atoms with Crippen molar-refractivity contribution >= 4 is 21.6 Å². The lowest BCUT2D eigenvalue weighted by Gasteiger charge is -2.22. The van der Waals surface area contributed by atoms with Crippen molar-refractivity contribution in [1.29, 1.82) is 0 Å². The van der Waals surface area contributed by atoms with Gasteiger partial charge in [0.25, 0.3) is 5.91 Å². The van der Waals surface area contributed by atoms with Gasteiger partial charge in [0, 0.05) is 0 Å². The Labute approximate surface area is 161 Å². The van der Waals surface area contributed by atoms with Gasteiger partial charge in [-0.1, -0.05) is 38.1 Å². The molecule has 6 nitrogen and oxygen atoms in total. The van der Waals surface area contributed by atoms with E-state index >= 15 is 0 Å². The van der Waals surface area contributed by atoms with Gasteiger partial charge in [0.2, 0.25) is 10.0 Å². The van der Waals surface area contributed by atoms with E-state index in [1.54, 1.807) is 31.4 Å². The van der Waals surface area contributed by atoms with Crippen molar-refractivity contribution in [1.82, 2.24) is 5.32 Å². The maximum atomic E-state index is 12.9. The number of hydrogen-bond acceptors (Lipinski definition) is 4. The second-order valence-electron chi connectivity index (χ2n) is 6.85. The van der Waals surface area contributed by atoms with Gasteiger partial charge in [0.15, 0.2) is 0 Å². The fourth-order valence-corrected chi connectivity index (χ4v) is 3.37. The molecule has 27 heavy (non-hydrogen) atoms. The molecule has 2 aromatic rings. The first-order valence-electron chi connectivity index (χ1n) is 8.71. The first kappa shape index (κ1) is 20.8. The lowest BCUT2D eigenvalue weighted by molar-refractivity contribution is 0.0933. The monoisotopic (exact) mass is 390 g/mol. The van der Waals surface area contributed by atoms with Gasteiger partial charge in [0.1, 0.15) is 5.75 Å². The summed E-state index contributed by atoms with van der Waals surface area (Å²) in [4.78, 5) is 12.9. The number of anilines is 1. The van der Waals surface area contributed by atoms with Crippen LogP contribution >= 0.6 is 0 Å². The van der Waals surface area contributed by atoms with Crippen LogP contribution in [0.25, 0.3) is 0 Å². The lowest BCUT2D eigenvalue weighted by atomic mass is 9.96. The number of para-hydroxylation sites is 1. The summed E-state index contributed by atoms with van der Waals surface area (Å²) in [6.07, 6.45) is 1.81. The van der Waals surface area contributed by atoms with Crippen molar-refractivity contribution in [2.45, 2.75) is 26.3 Å². The molecule has 0 radical (unpaired) electrons. The van der Waals surface area contributed by atoms with Crippen LogP contribution in [0.3, 0.4) is 0 Å². The number of methoxy groups -OCH3 is 1. The molecule has 0 aliphatic rings. The van der Waals surface area contributed by atoms with Gasteiger partial charge in [-0.15, -0.1) is 0 Å². The Bertz CT molecular complexity index is 877. The summed E-state index contributed by atoms with van der Waals surface area (Å²) in [6, 6.07) is 13.9. The number of carbonyl (C=O) groups is 1. The van der Waals surface area contributed by atoms with Crippen LogP contribution in [-0.2, 0) is 10.0 Å². The van der Waals surface area contributed by atoms with E-state index < -0.39 is 10.0 Å². The second kappa shape index (κ2) is 8.90. The smallest absolute Gasteiger partial charge is 0.253 e. The average molecular weight is 391 g/mol. The van der Waals surface area contributed by atoms with Crippen molar-refractivity contribution in [2.24, 2.45) is 5.92 Å². The molecule has 0 heterocycles. The van der Waals surface area contributed by atoms with Crippen LogP contribution in [0.4, 0.5) is 5.69 Å². The van der Waals surface area contributed by atoms with Gasteiger partial charge >= 0.3 is 0 Å². The van der Waals surface area contributed by atoms with Crippen molar-refractivity contribution < 1.29 is 17.9 Å². The highest BCUT2D eigenvalue weighted by atomic mass is 32.2. The summed E-state index contributed by atoms with van der Waals surface area (Å²) < 4.78 is 30.7. The van der Waals surface area contributed by atoms with Gasteiger partial charge in [-0.05, 0) is 42.2 Å². The van der Waals surface area contributed by atoms with Crippen LogP contribution in [0.5, 0.6) is 5.75 Å². The molecule has 0 saturated carbocycles. The molecule has 1 amide bonds. The largest absolute Gasteiger partial charge is 0.497 e. The molecule has 0 aliphatic heterocycles. The Morgan fingerprint density at radius 2 is 1.70 bits per heavy atom. The maximum absolute atomic E-state index is 12.9. The Balaban J connectivity index is 2.28. The number of nitrogens with one attached hydrogen (secondary N) is 2. The highest BCUT2D eigenvalue weighted by Gasteiger charge is 2.20. The fraction of sp³-hybridized carbons (Fsp3) is 0.350. The number of rotatable bonds is 8. The van der Waals surface area contributed by atoms with Crippen LogP contribution in [0.15, 0.2) is 48.5 Å². The zero-order valence-electron chi connectivity index (χ0n) is 16.0. The van der Waals surface area contributed by atoms with Crippen LogP contribution < -0.4 is 14.8 Å². The normalized spacial score (nSPS) is 12.5. The molecule has 0 saturated heterocycles. The predicted molar refractivity (Wildman–Crippen MR) is 108 cm³/mol. The number of sulfonamides is 1. The van der Waals surface area contributed by atoms with Crippen LogP contribution in [0.2, 0.25) is 0 Å². The molecule has 2 N–H and O–H groups in total. The third-order valence-electron chi connectivity index (χ3n) is 4.00. The quantitative estimate of drug-likeness (QED) is 0.721. The third kappa shape index (κ3) is 6.29. The first-order valence-corrected chi connectivity index (χ1v) is 10.6. The Morgan fingerprint density at radius 1 is 1.07 bits per heavy atom. The summed E-state index contributed by atoms with van der Waals surface area (Å²) in [6.45, 7) is 4.17. The number of amides is 1. The molecular weight excluding hydrogens is 364 g/mol. The van der Waals surface area contributed by atoms with E-state index in [9.17, 15) is 13.2 Å². The van der Waals surface area contributed by atoms with E-state index in [0.717, 1.165) is 24.0 Å². The minimum atomic E-state index is -3.48. The van der Waals surface area contributed by atoms with Crippen molar-refractivity contribution in [3.63, 3.8) is 0 Å². The number of benzene rings is 2. The van der Waals surface area contributed by atoms with Crippen molar-refractivity contribution in [2.75, 3.05) is 18.1 Å². The summed E-state index contributed by atoms with van der Waals surface area (Å²) in [5.74, 6) is 0.779. The van der Waals surface area contributed by atoms with E-state index in [1.165, 1.54) is 0 Å². The molecule has 0 aromatic heterocycles. The first-order chi connectivity index (χ1) is 12.7. The number of ether oxygens (including phenoxy) is 1. The van der Waals surface area contributed by atoms with Gasteiger partial charge in [-0.2, -0.15) is 0 Å². The Morgan fingerprint density at radius 3 is 2.26 bits per heavy atom. The van der Waals surface area contributed by atoms with Crippen LogP contribution in [0.1, 0.15) is 42.2 Å². The summed E-state index contributed by atoms with van der Waals surface area (Å²) in [5.41, 5.74) is 1.51. The van der Waals surface area contributed by atoms with E-state index in [-0.39, 0.29) is 23.2 Å². The minimum Gasteiger partial charge on any atom is -0.497 e. The van der Waals surface area contributed by atoms with Gasteiger partial charge in [-0.3, -0.25) is 9.52 Å². The molecule has 146 valence electrons. The molecule has 0 fully saturated rings. The fourth-order valence-electron chi connectivity index (χ4n) is 2.79. The molecule has 7 heteroatoms. The van der Waals surface area contributed by atoms with E-state index in [0.29, 0.717) is 5.92 Å². The summed E-state index contributed by atoms with van der Waals surface area (Å²) in [7, 11) is -1.88. The van der Waals surface area contributed by atoms with Crippen LogP contribution in [0, 0.1) is 5.92 Å². The van der Waals surface area contributed by atoms with E-state index in [4.69, 9.17) is 4.74 Å². The topological polar surface area (TPSA) is 84.5 Å². The number of carbonyl (C=O) groups excluding carboxylic acids is 1. The zero-order valence-corrected chi connectivity index (χ0v) is 16.8. The van der Waals surface area contributed by atoms with Gasteiger partial charge in [0.05, 0.1) is 30.7 Å². The number of hydrogen-bond donors (Lipinski definition) is 2. The molecular formula is C20H26N2O4S. The van der Waals surface area contributed by atoms with Crippen molar-refractivity contribution in [3.05, 3.63) is 59.7 Å². The molecule has 1 atom stereocenters. The average Bonchev–Trinajstić information content (AvgIpc) is 2.60. The standard InChI is InChI=1S/C20H26N2O4S/c1-14(2)13-19(15-9-11-16(26-3)12-10-15)21-20(23)17-7-5-6-8-18(17)22-27(4,24)25/h5-12,14,19,22H,13H2,1-4H3,(H,21,23)/t19-/m0/s1. The molecule has 2 aromatic carbocycles. The molecule has 0 spiro atoms. The molecule has 0 bridgehead atoms. The molecule has 2 rings (SSSR count). The highest BCUT2D eigenvalue weighted by molar-refractivity contribution is 7.92. The molecule has 0 unspecified atom stereocenters. The lowest BCUT2D eigenvalue weighted by Crippen LogP contribution is -2.30. The summed E-state index contributed by atoms with van der Waals surface area (Å²) >= 11 is 0. The SMILES string of the molecule is COc1ccc([C@H](CC(C)C)NC(=O)c2ccccc2NS(C)(=O)=O)cc1. The summed E-state index contributed by atoms with van der Waals surface area (Å²) in [5, 5.41) is 3.03. The van der Waals surface area contributed by atoms with Crippen LogP contribution in [-0.4, -0.2) is 27.7 Å². The van der Waals surface area contributed by atoms with E-state index in [2.05, 4.69) is 23.9 Å². The Hall–Kier alpha value is -2.54. The Kier molecular flexibility index (Phi) is 6.85. The maximum Gasteiger partial charge on any atom is 0.253 e. The van der Waals surface area contributed by atoms with Gasteiger partial charge < -0.3 is 10.1 Å². The zero-order chi connectivity index (χ0) is 20.0. The predicted octanol–water partition coefficient (Wildman–Crippen LogP) is 3.58. The van der Waals surface area contributed by atoms with Gasteiger partial charge in [-0.25, -0.2) is 8.42 Å². The second-order valence-corrected chi connectivity index (χ2v) is 8.60. The highest BCUT2D eigenvalue weighted by Crippen LogP contribution is 2.25. The van der Waals surface area contributed by atoms with E-state index in [1.807, 2.05) is 24.3 Å². The van der Waals surface area contributed by atoms with Crippen molar-refractivity contribution in [3.8, 4) is 5.75 Å². The molecule has 0 aliphatic carbocycles.